The third-order valence-corrected chi connectivity index (χ3v) is 1.54. The highest BCUT2D eigenvalue weighted by Crippen LogP contribution is 2.33. The van der Waals surface area contributed by atoms with E-state index in [0.29, 0.717) is 0 Å². The summed E-state index contributed by atoms with van der Waals surface area (Å²) in [5.74, 6) is -0.871. The molecule has 0 spiro atoms. The van der Waals surface area contributed by atoms with E-state index in [9.17, 15) is 9.59 Å². The van der Waals surface area contributed by atoms with Crippen molar-refractivity contribution in [2.75, 3.05) is 6.66 Å². The summed E-state index contributed by atoms with van der Waals surface area (Å²) in [4.78, 5) is 20.5. The van der Waals surface area contributed by atoms with E-state index in [-0.39, 0.29) is 0 Å². The van der Waals surface area contributed by atoms with E-state index in [0.717, 1.165) is 0 Å². The second kappa shape index (κ2) is 4.23. The summed E-state index contributed by atoms with van der Waals surface area (Å²) in [6.07, 6.45) is 0. The average Bonchev–Trinajstić information content (AvgIpc) is 1.58. The van der Waals surface area contributed by atoms with Crippen LogP contribution in [0.25, 0.3) is 0 Å². The third-order valence-electron chi connectivity index (χ3n) is 0.514. The fraction of sp³-hybridized carbons (Fsp3) is 0.600. The van der Waals surface area contributed by atoms with Crippen molar-refractivity contribution in [1.82, 2.24) is 0 Å². The lowest BCUT2D eigenvalue weighted by molar-refractivity contribution is -0.134. The van der Waals surface area contributed by atoms with Crippen LogP contribution in [-0.2, 0) is 18.6 Å². The molecule has 0 unspecified atom stereocenters. The molecule has 0 aromatic heterocycles. The molecule has 0 aliphatic rings. The van der Waals surface area contributed by atoms with Gasteiger partial charge in [-0.1, -0.05) is 0 Å². The topological polar surface area (TPSA) is 52.6 Å². The zero-order chi connectivity index (χ0) is 8.15. The monoisotopic (exact) mass is 164 g/mol. The molecular weight excluding hydrogens is 155 g/mol. The van der Waals surface area contributed by atoms with Gasteiger partial charge in [-0.3, -0.25) is 9.59 Å². The maximum Gasteiger partial charge on any atom is 0.307 e. The number of carbonyl (C=O) groups is 2. The molecule has 4 nitrogen and oxygen atoms in total. The van der Waals surface area contributed by atoms with Crippen molar-refractivity contribution in [2.24, 2.45) is 0 Å². The average molecular weight is 164 g/mol. The van der Waals surface area contributed by atoms with E-state index < -0.39 is 20.3 Å². The largest absolute Gasteiger partial charge is 0.407 e. The molecule has 0 aromatic rings. The van der Waals surface area contributed by atoms with Gasteiger partial charge in [-0.25, -0.2) is 0 Å². The molecule has 10 heavy (non-hydrogen) atoms. The van der Waals surface area contributed by atoms with Crippen molar-refractivity contribution >= 4 is 20.3 Å². The molecule has 0 fully saturated rings. The summed E-state index contributed by atoms with van der Waals surface area (Å²) in [5.41, 5.74) is 0. The fourth-order valence-corrected chi connectivity index (χ4v) is 1.14. The van der Waals surface area contributed by atoms with Gasteiger partial charge in [0, 0.05) is 20.5 Å². The summed E-state index contributed by atoms with van der Waals surface area (Å²) in [6, 6.07) is 0. The summed E-state index contributed by atoms with van der Waals surface area (Å²) in [7, 11) is -1.36. The van der Waals surface area contributed by atoms with Crippen molar-refractivity contribution in [2.45, 2.75) is 13.8 Å². The van der Waals surface area contributed by atoms with Crippen LogP contribution in [0.5, 0.6) is 0 Å². The Balaban J connectivity index is 3.53. The van der Waals surface area contributed by atoms with E-state index in [1.54, 1.807) is 0 Å². The van der Waals surface area contributed by atoms with Crippen LogP contribution in [0.4, 0.5) is 0 Å². The first kappa shape index (κ1) is 9.37. The minimum atomic E-state index is -1.36. The van der Waals surface area contributed by atoms with Gasteiger partial charge in [0.1, 0.15) is 0 Å². The van der Waals surface area contributed by atoms with Gasteiger partial charge in [0.25, 0.3) is 8.38 Å². The SMILES string of the molecule is CC(=O)OP(C)OC(C)=O. The van der Waals surface area contributed by atoms with E-state index in [2.05, 4.69) is 9.05 Å². The molecule has 0 atom stereocenters. The van der Waals surface area contributed by atoms with Crippen molar-refractivity contribution in [3.63, 3.8) is 0 Å². The second-order valence-electron chi connectivity index (χ2n) is 1.61. The quantitative estimate of drug-likeness (QED) is 0.572. The summed E-state index contributed by atoms with van der Waals surface area (Å²) < 4.78 is 9.09. The standard InChI is InChI=1S/C5H9O4P/c1-4(6)8-10(3)9-5(2)7/h1-3H3. The molecule has 58 valence electrons. The lowest BCUT2D eigenvalue weighted by atomic mass is 10.9. The first-order chi connectivity index (χ1) is 4.52. The predicted octanol–water partition coefficient (Wildman–Crippen LogP) is 1.05. The van der Waals surface area contributed by atoms with Gasteiger partial charge in [0.05, 0.1) is 0 Å². The van der Waals surface area contributed by atoms with Crippen molar-refractivity contribution in [3.05, 3.63) is 0 Å². The van der Waals surface area contributed by atoms with E-state index in [4.69, 9.17) is 0 Å². The van der Waals surface area contributed by atoms with Gasteiger partial charge < -0.3 is 9.05 Å². The first-order valence-corrected chi connectivity index (χ1v) is 4.25. The molecule has 0 amide bonds. The fourth-order valence-electron chi connectivity index (χ4n) is 0.381. The third kappa shape index (κ3) is 5.51. The number of rotatable bonds is 2. The van der Waals surface area contributed by atoms with Crippen LogP contribution < -0.4 is 0 Å². The lowest BCUT2D eigenvalue weighted by Crippen LogP contribution is -1.98. The summed E-state index contributed by atoms with van der Waals surface area (Å²) in [6.45, 7) is 4.07. The second-order valence-corrected chi connectivity index (χ2v) is 2.85. The number of hydrogen-bond donors (Lipinski definition) is 0. The van der Waals surface area contributed by atoms with Crippen LogP contribution >= 0.6 is 8.38 Å². The highest BCUT2D eigenvalue weighted by molar-refractivity contribution is 7.47. The van der Waals surface area contributed by atoms with Crippen LogP contribution in [0.3, 0.4) is 0 Å². The van der Waals surface area contributed by atoms with Crippen LogP contribution in [0.1, 0.15) is 13.8 Å². The molecule has 0 rings (SSSR count). The highest BCUT2D eigenvalue weighted by Gasteiger charge is 2.08. The molecule has 0 saturated heterocycles. The molecule has 0 aromatic carbocycles. The minimum Gasteiger partial charge on any atom is -0.407 e. The Labute approximate surface area is 60.4 Å². The van der Waals surface area contributed by atoms with E-state index in [1.807, 2.05) is 0 Å². The van der Waals surface area contributed by atoms with Crippen molar-refractivity contribution in [1.29, 1.82) is 0 Å². The number of hydrogen-bond acceptors (Lipinski definition) is 4. The molecule has 0 saturated carbocycles. The van der Waals surface area contributed by atoms with Gasteiger partial charge in [0.2, 0.25) is 0 Å². The molecule has 0 radical (unpaired) electrons. The van der Waals surface area contributed by atoms with Gasteiger partial charge in [0.15, 0.2) is 0 Å². The smallest absolute Gasteiger partial charge is 0.307 e. The molecule has 0 bridgehead atoms. The van der Waals surface area contributed by atoms with Gasteiger partial charge in [-0.05, 0) is 0 Å². The maximum atomic E-state index is 10.2. The Kier molecular flexibility index (Phi) is 3.96. The zero-order valence-corrected chi connectivity index (χ0v) is 6.97. The Morgan fingerprint density at radius 1 is 1.10 bits per heavy atom. The summed E-state index contributed by atoms with van der Waals surface area (Å²) in [5, 5.41) is 0. The Morgan fingerprint density at radius 2 is 1.40 bits per heavy atom. The van der Waals surface area contributed by atoms with E-state index in [1.165, 1.54) is 20.5 Å². The van der Waals surface area contributed by atoms with Crippen LogP contribution in [-0.4, -0.2) is 18.6 Å². The molecule has 0 aliphatic carbocycles. The Bertz CT molecular complexity index is 129. The van der Waals surface area contributed by atoms with Crippen LogP contribution in [0.15, 0.2) is 0 Å². The Morgan fingerprint density at radius 3 is 1.60 bits per heavy atom. The normalized spacial score (nSPS) is 9.20. The highest BCUT2D eigenvalue weighted by atomic mass is 31.2. The maximum absolute atomic E-state index is 10.2. The van der Waals surface area contributed by atoms with Gasteiger partial charge in [-0.2, -0.15) is 0 Å². The zero-order valence-electron chi connectivity index (χ0n) is 6.08. The molecular formula is C5H9O4P. The Hall–Kier alpha value is -0.630. The van der Waals surface area contributed by atoms with Gasteiger partial charge >= 0.3 is 11.9 Å². The van der Waals surface area contributed by atoms with Crippen molar-refractivity contribution in [3.8, 4) is 0 Å². The molecule has 0 aliphatic heterocycles. The predicted molar refractivity (Wildman–Crippen MR) is 36.4 cm³/mol. The molecule has 5 heteroatoms. The van der Waals surface area contributed by atoms with Crippen molar-refractivity contribution < 1.29 is 18.6 Å². The minimum absolute atomic E-state index is 0.435. The number of carbonyl (C=O) groups excluding carboxylic acids is 2. The van der Waals surface area contributed by atoms with E-state index >= 15 is 0 Å². The molecule has 0 heterocycles. The lowest BCUT2D eigenvalue weighted by Gasteiger charge is -2.07. The van der Waals surface area contributed by atoms with Crippen LogP contribution in [0.2, 0.25) is 0 Å². The van der Waals surface area contributed by atoms with Crippen LogP contribution in [0, 0.1) is 0 Å². The van der Waals surface area contributed by atoms with Gasteiger partial charge in [-0.15, -0.1) is 0 Å². The summed E-state index contributed by atoms with van der Waals surface area (Å²) >= 11 is 0. The molecule has 0 N–H and O–H groups in total. The first-order valence-electron chi connectivity index (χ1n) is 2.63.